The fourth-order valence-corrected chi connectivity index (χ4v) is 4.61. The molecule has 1 amide bonds. The van der Waals surface area contributed by atoms with Crippen LogP contribution < -0.4 is 9.47 Å². The largest absolute Gasteiger partial charge is 0.490 e. The van der Waals surface area contributed by atoms with E-state index in [2.05, 4.69) is 24.3 Å². The van der Waals surface area contributed by atoms with Gasteiger partial charge in [0.25, 0.3) is 5.91 Å². The summed E-state index contributed by atoms with van der Waals surface area (Å²) in [7, 11) is 0. The number of fused-ring (bicyclic) bond motifs is 2. The van der Waals surface area contributed by atoms with Crippen LogP contribution in [-0.4, -0.2) is 30.6 Å². The summed E-state index contributed by atoms with van der Waals surface area (Å²) in [4.78, 5) is 15.3. The maximum Gasteiger partial charge on any atom is 0.254 e. The minimum absolute atomic E-state index is 0.114. The van der Waals surface area contributed by atoms with Crippen molar-refractivity contribution in [3.63, 3.8) is 0 Å². The number of ether oxygens (including phenoxy) is 2. The zero-order valence-electron chi connectivity index (χ0n) is 15.6. The van der Waals surface area contributed by atoms with E-state index in [-0.39, 0.29) is 11.9 Å². The predicted octanol–water partition coefficient (Wildman–Crippen LogP) is 4.31. The molecule has 0 N–H and O–H groups in total. The molecule has 0 bridgehead atoms. The lowest BCUT2D eigenvalue weighted by atomic mass is 10.0. The highest BCUT2D eigenvalue weighted by atomic mass is 16.5. The van der Waals surface area contributed by atoms with Gasteiger partial charge in [-0.05, 0) is 73.1 Å². The molecule has 1 atom stereocenters. The normalized spacial score (nSPS) is 21.0. The first kappa shape index (κ1) is 16.7. The number of likely N-dealkylation sites (tertiary alicyclic amines) is 1. The van der Waals surface area contributed by atoms with Gasteiger partial charge in [-0.15, -0.1) is 0 Å². The van der Waals surface area contributed by atoms with Gasteiger partial charge >= 0.3 is 0 Å². The second kappa shape index (κ2) is 6.91. The Morgan fingerprint density at radius 3 is 2.67 bits per heavy atom. The van der Waals surface area contributed by atoms with Crippen LogP contribution in [0, 0.1) is 0 Å². The standard InChI is InChI=1S/C23H25NO3/c25-23(19-8-7-16-4-1-5-17(16)14-19)24-11-2-6-20(24)18-9-10-21-22(15-18)27-13-3-12-26-21/h7-10,14-15,20H,1-6,11-13H2. The lowest BCUT2D eigenvalue weighted by Gasteiger charge is -2.26. The van der Waals surface area contributed by atoms with E-state index in [9.17, 15) is 4.79 Å². The van der Waals surface area contributed by atoms with Gasteiger partial charge in [-0.2, -0.15) is 0 Å². The number of benzene rings is 2. The van der Waals surface area contributed by atoms with E-state index in [4.69, 9.17) is 9.47 Å². The average molecular weight is 363 g/mol. The van der Waals surface area contributed by atoms with Crippen molar-refractivity contribution in [2.45, 2.75) is 44.6 Å². The summed E-state index contributed by atoms with van der Waals surface area (Å²) in [6.07, 6.45) is 6.38. The molecule has 0 spiro atoms. The summed E-state index contributed by atoms with van der Waals surface area (Å²) in [6.45, 7) is 2.19. The number of nitrogens with zero attached hydrogens (tertiary/aromatic N) is 1. The molecule has 2 aromatic rings. The molecule has 0 radical (unpaired) electrons. The van der Waals surface area contributed by atoms with Crippen molar-refractivity contribution in [3.8, 4) is 11.5 Å². The van der Waals surface area contributed by atoms with Crippen LogP contribution in [0.25, 0.3) is 0 Å². The Morgan fingerprint density at radius 1 is 0.889 bits per heavy atom. The molecule has 140 valence electrons. The molecule has 1 aliphatic carbocycles. The minimum Gasteiger partial charge on any atom is -0.490 e. The van der Waals surface area contributed by atoms with Crippen LogP contribution in [0.15, 0.2) is 36.4 Å². The fourth-order valence-electron chi connectivity index (χ4n) is 4.61. The van der Waals surface area contributed by atoms with E-state index >= 15 is 0 Å². The number of rotatable bonds is 2. The molecule has 5 rings (SSSR count). The second-order valence-electron chi connectivity index (χ2n) is 7.75. The highest BCUT2D eigenvalue weighted by molar-refractivity contribution is 5.95. The number of carbonyl (C=O) groups is 1. The molecule has 0 aromatic heterocycles. The van der Waals surface area contributed by atoms with Crippen molar-refractivity contribution in [2.24, 2.45) is 0 Å². The van der Waals surface area contributed by atoms with Gasteiger partial charge < -0.3 is 14.4 Å². The van der Waals surface area contributed by atoms with Gasteiger partial charge in [-0.3, -0.25) is 4.79 Å². The minimum atomic E-state index is 0.114. The van der Waals surface area contributed by atoms with Crippen molar-refractivity contribution in [2.75, 3.05) is 19.8 Å². The molecule has 3 aliphatic rings. The zero-order chi connectivity index (χ0) is 18.2. The van der Waals surface area contributed by atoms with Crippen molar-refractivity contribution < 1.29 is 14.3 Å². The van der Waals surface area contributed by atoms with Crippen LogP contribution >= 0.6 is 0 Å². The lowest BCUT2D eigenvalue weighted by Crippen LogP contribution is -2.30. The average Bonchev–Trinajstić information content (AvgIpc) is 3.31. The van der Waals surface area contributed by atoms with Gasteiger partial charge in [0.1, 0.15) is 0 Å². The smallest absolute Gasteiger partial charge is 0.254 e. The Hall–Kier alpha value is -2.49. The number of amides is 1. The first-order valence-corrected chi connectivity index (χ1v) is 10.1. The van der Waals surface area contributed by atoms with Crippen LogP contribution in [0.2, 0.25) is 0 Å². The van der Waals surface area contributed by atoms with E-state index < -0.39 is 0 Å². The summed E-state index contributed by atoms with van der Waals surface area (Å²) in [5, 5.41) is 0. The summed E-state index contributed by atoms with van der Waals surface area (Å²) < 4.78 is 11.6. The van der Waals surface area contributed by atoms with Crippen molar-refractivity contribution >= 4 is 5.91 Å². The molecular formula is C23H25NO3. The molecule has 0 saturated carbocycles. The van der Waals surface area contributed by atoms with Crippen LogP contribution in [0.4, 0.5) is 0 Å². The first-order valence-electron chi connectivity index (χ1n) is 10.1. The number of hydrogen-bond acceptors (Lipinski definition) is 3. The van der Waals surface area contributed by atoms with Gasteiger partial charge in [0.05, 0.1) is 19.3 Å². The van der Waals surface area contributed by atoms with E-state index in [1.54, 1.807) is 0 Å². The quantitative estimate of drug-likeness (QED) is 0.798. The Morgan fingerprint density at radius 2 is 1.74 bits per heavy atom. The second-order valence-corrected chi connectivity index (χ2v) is 7.75. The fraction of sp³-hybridized carbons (Fsp3) is 0.435. The van der Waals surface area contributed by atoms with E-state index in [1.807, 2.05) is 17.0 Å². The highest BCUT2D eigenvalue weighted by Gasteiger charge is 2.31. The maximum absolute atomic E-state index is 13.2. The predicted molar refractivity (Wildman–Crippen MR) is 104 cm³/mol. The highest BCUT2D eigenvalue weighted by Crippen LogP contribution is 2.38. The Balaban J connectivity index is 1.42. The third kappa shape index (κ3) is 3.07. The van der Waals surface area contributed by atoms with Crippen LogP contribution in [0.1, 0.15) is 58.8 Å². The molecule has 1 unspecified atom stereocenters. The third-order valence-corrected chi connectivity index (χ3v) is 6.02. The topological polar surface area (TPSA) is 38.8 Å². The van der Waals surface area contributed by atoms with Gasteiger partial charge in [-0.25, -0.2) is 0 Å². The Kier molecular flexibility index (Phi) is 4.27. The van der Waals surface area contributed by atoms with Gasteiger partial charge in [0, 0.05) is 18.5 Å². The Bertz CT molecular complexity index is 876. The maximum atomic E-state index is 13.2. The molecule has 2 aromatic carbocycles. The van der Waals surface area contributed by atoms with E-state index in [0.29, 0.717) is 13.2 Å². The Labute approximate surface area is 160 Å². The zero-order valence-corrected chi connectivity index (χ0v) is 15.6. The van der Waals surface area contributed by atoms with Gasteiger partial charge in [-0.1, -0.05) is 12.1 Å². The molecule has 4 heteroatoms. The summed E-state index contributed by atoms with van der Waals surface area (Å²) in [5.74, 6) is 1.77. The molecule has 4 nitrogen and oxygen atoms in total. The van der Waals surface area contributed by atoms with Crippen molar-refractivity contribution in [3.05, 3.63) is 58.7 Å². The van der Waals surface area contributed by atoms with Crippen LogP contribution in [-0.2, 0) is 12.8 Å². The van der Waals surface area contributed by atoms with E-state index in [1.165, 1.54) is 17.5 Å². The SMILES string of the molecule is O=C(c1ccc2c(c1)CCC2)N1CCCC1c1ccc2c(c1)OCCCO2. The summed E-state index contributed by atoms with van der Waals surface area (Å²) in [6, 6.07) is 12.5. The number of carbonyl (C=O) groups excluding carboxylic acids is 1. The molecule has 1 saturated heterocycles. The van der Waals surface area contributed by atoms with Gasteiger partial charge in [0.15, 0.2) is 11.5 Å². The molecule has 2 heterocycles. The monoisotopic (exact) mass is 363 g/mol. The lowest BCUT2D eigenvalue weighted by molar-refractivity contribution is 0.0735. The van der Waals surface area contributed by atoms with Crippen LogP contribution in [0.5, 0.6) is 11.5 Å². The van der Waals surface area contributed by atoms with Crippen LogP contribution in [0.3, 0.4) is 0 Å². The van der Waals surface area contributed by atoms with E-state index in [0.717, 1.165) is 61.3 Å². The number of hydrogen-bond donors (Lipinski definition) is 0. The molecular weight excluding hydrogens is 338 g/mol. The molecule has 1 fully saturated rings. The molecule has 27 heavy (non-hydrogen) atoms. The number of aryl methyl sites for hydroxylation is 2. The van der Waals surface area contributed by atoms with Crippen molar-refractivity contribution in [1.82, 2.24) is 4.90 Å². The summed E-state index contributed by atoms with van der Waals surface area (Å²) >= 11 is 0. The van der Waals surface area contributed by atoms with Gasteiger partial charge in [0.2, 0.25) is 0 Å². The van der Waals surface area contributed by atoms with Crippen molar-refractivity contribution in [1.29, 1.82) is 0 Å². The third-order valence-electron chi connectivity index (χ3n) is 6.02. The summed E-state index contributed by atoms with van der Waals surface area (Å²) in [5.41, 5.74) is 4.74. The molecule has 2 aliphatic heterocycles. The first-order chi connectivity index (χ1) is 13.3.